The van der Waals surface area contributed by atoms with Crippen molar-refractivity contribution in [1.29, 1.82) is 0 Å². The normalized spacial score (nSPS) is 16.6. The third kappa shape index (κ3) is 3.36. The van der Waals surface area contributed by atoms with Crippen LogP contribution in [0.25, 0.3) is 22.0 Å². The van der Waals surface area contributed by atoms with Crippen molar-refractivity contribution >= 4 is 28.6 Å². The lowest BCUT2D eigenvalue weighted by Gasteiger charge is -2.14. The van der Waals surface area contributed by atoms with Gasteiger partial charge in [-0.2, -0.15) is 0 Å². The third-order valence-electron chi connectivity index (χ3n) is 4.58. The highest BCUT2D eigenvalue weighted by molar-refractivity contribution is 5.91. The van der Waals surface area contributed by atoms with Gasteiger partial charge in [-0.25, -0.2) is 9.18 Å². The minimum Gasteiger partial charge on any atom is -0.442 e. The Bertz CT molecular complexity index is 1030. The fourth-order valence-corrected chi connectivity index (χ4v) is 3.22. The van der Waals surface area contributed by atoms with E-state index in [9.17, 15) is 14.0 Å². The molecule has 2 heterocycles. The van der Waals surface area contributed by atoms with E-state index in [0.717, 1.165) is 16.5 Å². The molecule has 2 amide bonds. The summed E-state index contributed by atoms with van der Waals surface area (Å²) >= 11 is 0. The summed E-state index contributed by atoms with van der Waals surface area (Å²) in [5.74, 6) is -0.611. The molecule has 1 unspecified atom stereocenters. The number of halogens is 1. The number of aromatic amines is 1. The number of hydrogen-bond donors (Lipinski definition) is 2. The molecule has 3 aromatic rings. The summed E-state index contributed by atoms with van der Waals surface area (Å²) < 4.78 is 20.0. The van der Waals surface area contributed by atoms with E-state index < -0.39 is 18.0 Å². The van der Waals surface area contributed by atoms with Crippen LogP contribution in [-0.4, -0.2) is 36.2 Å². The molecule has 27 heavy (non-hydrogen) atoms. The maximum absolute atomic E-state index is 14.7. The number of anilines is 1. The molecular weight excluding hydrogens is 349 g/mol. The summed E-state index contributed by atoms with van der Waals surface area (Å²) in [4.78, 5) is 27.6. The first-order valence-electron chi connectivity index (χ1n) is 8.61. The minimum absolute atomic E-state index is 0.195. The number of nitrogens with one attached hydrogen (secondary N) is 2. The average molecular weight is 367 g/mol. The van der Waals surface area contributed by atoms with Crippen LogP contribution >= 0.6 is 0 Å². The molecule has 1 aromatic heterocycles. The van der Waals surface area contributed by atoms with E-state index in [1.807, 2.05) is 30.5 Å². The summed E-state index contributed by atoms with van der Waals surface area (Å²) in [5, 5.41) is 3.61. The molecule has 1 aliphatic heterocycles. The number of H-pyrrole nitrogens is 1. The van der Waals surface area contributed by atoms with Crippen molar-refractivity contribution in [2.24, 2.45) is 0 Å². The van der Waals surface area contributed by atoms with Crippen molar-refractivity contribution in [3.05, 3.63) is 54.5 Å². The Labute approximate surface area is 154 Å². The topological polar surface area (TPSA) is 74.4 Å². The number of cyclic esters (lactones) is 1. The molecule has 0 aliphatic carbocycles. The fourth-order valence-electron chi connectivity index (χ4n) is 3.22. The van der Waals surface area contributed by atoms with Crippen molar-refractivity contribution in [3.63, 3.8) is 0 Å². The predicted octanol–water partition coefficient (Wildman–Crippen LogP) is 3.44. The Morgan fingerprint density at radius 2 is 2.15 bits per heavy atom. The van der Waals surface area contributed by atoms with Crippen LogP contribution in [0.1, 0.15) is 6.92 Å². The van der Waals surface area contributed by atoms with Gasteiger partial charge in [0.05, 0.1) is 18.8 Å². The van der Waals surface area contributed by atoms with Crippen molar-refractivity contribution in [1.82, 2.24) is 10.3 Å². The van der Waals surface area contributed by atoms with E-state index in [4.69, 9.17) is 4.74 Å². The molecule has 2 aromatic carbocycles. The number of aromatic nitrogens is 1. The lowest BCUT2D eigenvalue weighted by molar-refractivity contribution is -0.119. The van der Waals surface area contributed by atoms with Gasteiger partial charge in [0.25, 0.3) is 0 Å². The molecule has 1 fully saturated rings. The zero-order chi connectivity index (χ0) is 19.0. The molecule has 138 valence electrons. The summed E-state index contributed by atoms with van der Waals surface area (Å²) in [6.07, 6.45) is 0.830. The minimum atomic E-state index is -0.550. The second kappa shape index (κ2) is 6.75. The lowest BCUT2D eigenvalue weighted by Crippen LogP contribution is -2.33. The Morgan fingerprint density at radius 1 is 1.30 bits per heavy atom. The standard InChI is InChI=1S/C20H18FN3O3/c1-12(25)23-10-16-11-24(20(26)27-16)15-3-4-17(18(21)9-15)13-2-5-19-14(8-13)6-7-22-19/h2-9,16,22H,10-11H2,1H3,(H,23,25). The SMILES string of the molecule is CC(=O)NCC1CN(c2ccc(-c3ccc4[nH]ccc4c3)c(F)c2)C(=O)O1. The van der Waals surface area contributed by atoms with Gasteiger partial charge in [0.15, 0.2) is 0 Å². The van der Waals surface area contributed by atoms with Crippen LogP contribution in [0.4, 0.5) is 14.9 Å². The maximum atomic E-state index is 14.7. The zero-order valence-electron chi connectivity index (χ0n) is 14.7. The van der Waals surface area contributed by atoms with E-state index in [2.05, 4.69) is 10.3 Å². The average Bonchev–Trinajstić information content (AvgIpc) is 3.25. The van der Waals surface area contributed by atoms with E-state index in [1.54, 1.807) is 12.1 Å². The van der Waals surface area contributed by atoms with Crippen LogP contribution in [0, 0.1) is 5.82 Å². The smallest absolute Gasteiger partial charge is 0.414 e. The number of amides is 2. The van der Waals surface area contributed by atoms with E-state index in [0.29, 0.717) is 11.3 Å². The van der Waals surface area contributed by atoms with E-state index in [1.165, 1.54) is 17.9 Å². The highest BCUT2D eigenvalue weighted by Gasteiger charge is 2.32. The molecule has 2 N–H and O–H groups in total. The number of rotatable bonds is 4. The Balaban J connectivity index is 1.56. The molecule has 0 bridgehead atoms. The van der Waals surface area contributed by atoms with Crippen LogP contribution in [-0.2, 0) is 9.53 Å². The Morgan fingerprint density at radius 3 is 2.93 bits per heavy atom. The molecule has 1 atom stereocenters. The van der Waals surface area contributed by atoms with Crippen molar-refractivity contribution in [3.8, 4) is 11.1 Å². The third-order valence-corrected chi connectivity index (χ3v) is 4.58. The van der Waals surface area contributed by atoms with Gasteiger partial charge in [0.1, 0.15) is 11.9 Å². The van der Waals surface area contributed by atoms with Crippen LogP contribution in [0.3, 0.4) is 0 Å². The molecule has 0 radical (unpaired) electrons. The number of ether oxygens (including phenoxy) is 1. The number of hydrogen-bond acceptors (Lipinski definition) is 3. The van der Waals surface area contributed by atoms with E-state index in [-0.39, 0.29) is 19.0 Å². The second-order valence-electron chi connectivity index (χ2n) is 6.50. The molecule has 6 nitrogen and oxygen atoms in total. The van der Waals surface area contributed by atoms with Crippen molar-refractivity contribution < 1.29 is 18.7 Å². The van der Waals surface area contributed by atoms with Crippen LogP contribution in [0.5, 0.6) is 0 Å². The highest BCUT2D eigenvalue weighted by Crippen LogP contribution is 2.30. The Hall–Kier alpha value is -3.35. The quantitative estimate of drug-likeness (QED) is 0.742. The van der Waals surface area contributed by atoms with Crippen LogP contribution in [0.2, 0.25) is 0 Å². The van der Waals surface area contributed by atoms with Gasteiger partial charge < -0.3 is 15.0 Å². The first kappa shape index (κ1) is 17.1. The molecular formula is C20H18FN3O3. The molecule has 0 saturated carbocycles. The molecule has 1 aliphatic rings. The largest absolute Gasteiger partial charge is 0.442 e. The first-order chi connectivity index (χ1) is 13.0. The number of nitrogens with zero attached hydrogens (tertiary/aromatic N) is 1. The molecule has 4 rings (SSSR count). The van der Waals surface area contributed by atoms with Gasteiger partial charge in [-0.1, -0.05) is 6.07 Å². The summed E-state index contributed by atoms with van der Waals surface area (Å²) in [6.45, 7) is 1.88. The summed E-state index contributed by atoms with van der Waals surface area (Å²) in [6, 6.07) is 12.3. The number of carbonyl (C=O) groups is 2. The summed E-state index contributed by atoms with van der Waals surface area (Å²) in [7, 11) is 0. The fraction of sp³-hybridized carbons (Fsp3) is 0.200. The highest BCUT2D eigenvalue weighted by atomic mass is 19.1. The van der Waals surface area contributed by atoms with Gasteiger partial charge in [0.2, 0.25) is 5.91 Å². The lowest BCUT2D eigenvalue weighted by atomic mass is 10.0. The van der Waals surface area contributed by atoms with Gasteiger partial charge >= 0.3 is 6.09 Å². The van der Waals surface area contributed by atoms with Gasteiger partial charge in [-0.3, -0.25) is 9.69 Å². The number of fused-ring (bicyclic) bond motifs is 1. The second-order valence-corrected chi connectivity index (χ2v) is 6.50. The van der Waals surface area contributed by atoms with Crippen LogP contribution in [0.15, 0.2) is 48.7 Å². The monoisotopic (exact) mass is 367 g/mol. The zero-order valence-corrected chi connectivity index (χ0v) is 14.7. The van der Waals surface area contributed by atoms with Crippen LogP contribution < -0.4 is 10.2 Å². The molecule has 7 heteroatoms. The van der Waals surface area contributed by atoms with Crippen molar-refractivity contribution in [2.45, 2.75) is 13.0 Å². The van der Waals surface area contributed by atoms with Gasteiger partial charge in [-0.05, 0) is 47.3 Å². The van der Waals surface area contributed by atoms with Crippen molar-refractivity contribution in [2.75, 3.05) is 18.0 Å². The number of carbonyl (C=O) groups excluding carboxylic acids is 2. The first-order valence-corrected chi connectivity index (χ1v) is 8.61. The summed E-state index contributed by atoms with van der Waals surface area (Å²) in [5.41, 5.74) is 2.64. The predicted molar refractivity (Wildman–Crippen MR) is 100.0 cm³/mol. The molecule has 1 saturated heterocycles. The number of benzene rings is 2. The molecule has 0 spiro atoms. The maximum Gasteiger partial charge on any atom is 0.414 e. The van der Waals surface area contributed by atoms with E-state index >= 15 is 0 Å². The Kier molecular flexibility index (Phi) is 4.27. The van der Waals surface area contributed by atoms with Gasteiger partial charge in [-0.15, -0.1) is 0 Å². The van der Waals surface area contributed by atoms with Gasteiger partial charge in [0, 0.05) is 24.2 Å².